The predicted octanol–water partition coefficient (Wildman–Crippen LogP) is 4.85. The molecule has 0 unspecified atom stereocenters. The van der Waals surface area contributed by atoms with Crippen molar-refractivity contribution in [2.75, 3.05) is 11.4 Å². The Morgan fingerprint density at radius 1 is 0.909 bits per heavy atom. The molecule has 0 aliphatic carbocycles. The molecule has 0 spiro atoms. The normalized spacial score (nSPS) is 13.7. The van der Waals surface area contributed by atoms with Gasteiger partial charge in [-0.15, -0.1) is 0 Å². The molecular weight excluding hydrogens is 268 g/mol. The van der Waals surface area contributed by atoms with Gasteiger partial charge in [0.25, 0.3) is 0 Å². The Kier molecular flexibility index (Phi) is 2.93. The second-order valence-corrected chi connectivity index (χ2v) is 6.28. The van der Waals surface area contributed by atoms with E-state index in [9.17, 15) is 0 Å². The summed E-state index contributed by atoms with van der Waals surface area (Å²) in [4.78, 5) is 7.25. The highest BCUT2D eigenvalue weighted by Gasteiger charge is 2.25. The first kappa shape index (κ1) is 13.3. The standard InChI is InChI=1S/C20H20N2/c1-13-4-7-16(8-5-13)22-11-10-17-15(3)21-19-9-6-14(2)12-18(19)20(17)22/h4-9,12H,10-11H2,1-3H3. The van der Waals surface area contributed by atoms with Crippen LogP contribution in [0.25, 0.3) is 10.9 Å². The minimum Gasteiger partial charge on any atom is -0.340 e. The molecule has 1 aliphatic heterocycles. The van der Waals surface area contributed by atoms with Crippen LogP contribution in [0.15, 0.2) is 42.5 Å². The molecule has 22 heavy (non-hydrogen) atoms. The van der Waals surface area contributed by atoms with E-state index in [0.29, 0.717) is 0 Å². The van der Waals surface area contributed by atoms with Crippen molar-refractivity contribution in [3.8, 4) is 0 Å². The fourth-order valence-corrected chi connectivity index (χ4v) is 3.45. The second kappa shape index (κ2) is 4.84. The molecule has 0 radical (unpaired) electrons. The molecule has 0 N–H and O–H groups in total. The summed E-state index contributed by atoms with van der Waals surface area (Å²) in [6, 6.07) is 15.4. The van der Waals surface area contributed by atoms with Gasteiger partial charge in [-0.25, -0.2) is 0 Å². The summed E-state index contributed by atoms with van der Waals surface area (Å²) in [5.74, 6) is 0. The van der Waals surface area contributed by atoms with E-state index in [1.807, 2.05) is 0 Å². The number of benzene rings is 2. The molecule has 0 saturated heterocycles. The highest BCUT2D eigenvalue weighted by molar-refractivity contribution is 5.97. The van der Waals surface area contributed by atoms with Gasteiger partial charge >= 0.3 is 0 Å². The quantitative estimate of drug-likeness (QED) is 0.636. The smallest absolute Gasteiger partial charge is 0.0726 e. The fraction of sp³-hybridized carbons (Fsp3) is 0.250. The molecule has 0 fully saturated rings. The summed E-state index contributed by atoms with van der Waals surface area (Å²) >= 11 is 0. The Labute approximate surface area is 131 Å². The van der Waals surface area contributed by atoms with E-state index < -0.39 is 0 Å². The molecule has 2 heteroatoms. The SMILES string of the molecule is Cc1ccc(N2CCc3c(C)nc4ccc(C)cc4c32)cc1. The molecule has 3 aromatic rings. The van der Waals surface area contributed by atoms with Crippen LogP contribution < -0.4 is 4.90 Å². The van der Waals surface area contributed by atoms with Crippen molar-refractivity contribution in [1.82, 2.24) is 4.98 Å². The van der Waals surface area contributed by atoms with E-state index in [1.165, 1.54) is 39.1 Å². The maximum atomic E-state index is 4.80. The number of fused-ring (bicyclic) bond motifs is 3. The molecule has 0 atom stereocenters. The summed E-state index contributed by atoms with van der Waals surface area (Å²) in [5, 5.41) is 1.28. The van der Waals surface area contributed by atoms with E-state index in [1.54, 1.807) is 0 Å². The lowest BCUT2D eigenvalue weighted by Gasteiger charge is -2.22. The molecule has 2 aromatic carbocycles. The molecule has 2 heterocycles. The fourth-order valence-electron chi connectivity index (χ4n) is 3.45. The molecule has 1 aromatic heterocycles. The van der Waals surface area contributed by atoms with E-state index in [0.717, 1.165) is 18.5 Å². The van der Waals surface area contributed by atoms with Crippen molar-refractivity contribution in [1.29, 1.82) is 0 Å². The summed E-state index contributed by atoms with van der Waals surface area (Å²) in [7, 11) is 0. The van der Waals surface area contributed by atoms with Crippen LogP contribution in [-0.4, -0.2) is 11.5 Å². The van der Waals surface area contributed by atoms with E-state index in [2.05, 4.69) is 68.1 Å². The first-order chi connectivity index (χ1) is 10.6. The van der Waals surface area contributed by atoms with Crippen molar-refractivity contribution < 1.29 is 0 Å². The summed E-state index contributed by atoms with van der Waals surface area (Å²) < 4.78 is 0. The molecular formula is C20H20N2. The van der Waals surface area contributed by atoms with Crippen LogP contribution in [0.5, 0.6) is 0 Å². The Hall–Kier alpha value is -2.35. The molecule has 2 nitrogen and oxygen atoms in total. The van der Waals surface area contributed by atoms with Gasteiger partial charge < -0.3 is 4.90 Å². The van der Waals surface area contributed by atoms with Crippen LogP contribution in [0.1, 0.15) is 22.4 Å². The lowest BCUT2D eigenvalue weighted by atomic mass is 10.0. The monoisotopic (exact) mass is 288 g/mol. The van der Waals surface area contributed by atoms with Gasteiger partial charge in [-0.05, 0) is 57.0 Å². The largest absolute Gasteiger partial charge is 0.340 e. The van der Waals surface area contributed by atoms with Gasteiger partial charge in [-0.3, -0.25) is 4.98 Å². The lowest BCUT2D eigenvalue weighted by Crippen LogP contribution is -2.13. The van der Waals surface area contributed by atoms with Gasteiger partial charge in [0, 0.05) is 23.3 Å². The zero-order valence-electron chi connectivity index (χ0n) is 13.4. The Morgan fingerprint density at radius 2 is 1.64 bits per heavy atom. The Morgan fingerprint density at radius 3 is 2.41 bits per heavy atom. The minimum absolute atomic E-state index is 1.04. The summed E-state index contributed by atoms with van der Waals surface area (Å²) in [6.07, 6.45) is 1.08. The van der Waals surface area contributed by atoms with E-state index in [-0.39, 0.29) is 0 Å². The van der Waals surface area contributed by atoms with Crippen molar-refractivity contribution in [3.05, 3.63) is 64.8 Å². The topological polar surface area (TPSA) is 16.1 Å². The third kappa shape index (κ3) is 1.98. The summed E-state index contributed by atoms with van der Waals surface area (Å²) in [6.45, 7) is 7.45. The van der Waals surface area contributed by atoms with Crippen LogP contribution >= 0.6 is 0 Å². The molecule has 110 valence electrons. The van der Waals surface area contributed by atoms with Crippen LogP contribution in [0.4, 0.5) is 11.4 Å². The predicted molar refractivity (Wildman–Crippen MR) is 93.1 cm³/mol. The highest BCUT2D eigenvalue weighted by atomic mass is 15.2. The van der Waals surface area contributed by atoms with Crippen molar-refractivity contribution in [2.24, 2.45) is 0 Å². The van der Waals surface area contributed by atoms with Crippen molar-refractivity contribution >= 4 is 22.3 Å². The molecule has 0 saturated carbocycles. The molecule has 4 rings (SSSR count). The van der Waals surface area contributed by atoms with E-state index in [4.69, 9.17) is 4.98 Å². The zero-order valence-corrected chi connectivity index (χ0v) is 13.4. The minimum atomic E-state index is 1.04. The van der Waals surface area contributed by atoms with Crippen molar-refractivity contribution in [3.63, 3.8) is 0 Å². The molecule has 1 aliphatic rings. The average Bonchev–Trinajstić information content (AvgIpc) is 2.95. The van der Waals surface area contributed by atoms with Gasteiger partial charge in [-0.1, -0.05) is 29.3 Å². The van der Waals surface area contributed by atoms with Gasteiger partial charge in [-0.2, -0.15) is 0 Å². The van der Waals surface area contributed by atoms with Crippen LogP contribution in [0.2, 0.25) is 0 Å². The molecule has 0 amide bonds. The first-order valence-corrected chi connectivity index (χ1v) is 7.87. The van der Waals surface area contributed by atoms with Gasteiger partial charge in [0.05, 0.1) is 11.2 Å². The zero-order chi connectivity index (χ0) is 15.3. The first-order valence-electron chi connectivity index (χ1n) is 7.87. The third-order valence-electron chi connectivity index (χ3n) is 4.62. The number of nitrogens with zero attached hydrogens (tertiary/aromatic N) is 2. The van der Waals surface area contributed by atoms with Crippen molar-refractivity contribution in [2.45, 2.75) is 27.2 Å². The van der Waals surface area contributed by atoms with Crippen LogP contribution in [0.3, 0.4) is 0 Å². The third-order valence-corrected chi connectivity index (χ3v) is 4.62. The molecule has 0 bridgehead atoms. The number of hydrogen-bond acceptors (Lipinski definition) is 2. The number of hydrogen-bond donors (Lipinski definition) is 0. The number of aromatic nitrogens is 1. The van der Waals surface area contributed by atoms with Gasteiger partial charge in [0.1, 0.15) is 0 Å². The second-order valence-electron chi connectivity index (χ2n) is 6.28. The Bertz CT molecular complexity index is 863. The Balaban J connectivity index is 1.97. The van der Waals surface area contributed by atoms with Crippen LogP contribution in [0, 0.1) is 20.8 Å². The number of aryl methyl sites for hydroxylation is 3. The average molecular weight is 288 g/mol. The maximum Gasteiger partial charge on any atom is 0.0726 e. The van der Waals surface area contributed by atoms with Gasteiger partial charge in [0.15, 0.2) is 0 Å². The number of pyridine rings is 1. The van der Waals surface area contributed by atoms with E-state index >= 15 is 0 Å². The highest BCUT2D eigenvalue weighted by Crippen LogP contribution is 2.41. The van der Waals surface area contributed by atoms with Crippen LogP contribution in [-0.2, 0) is 6.42 Å². The number of anilines is 2. The summed E-state index contributed by atoms with van der Waals surface area (Å²) in [5.41, 5.74) is 8.89. The lowest BCUT2D eigenvalue weighted by molar-refractivity contribution is 0.989. The van der Waals surface area contributed by atoms with Gasteiger partial charge in [0.2, 0.25) is 0 Å². The maximum absolute atomic E-state index is 4.80. The number of rotatable bonds is 1.